The van der Waals surface area contributed by atoms with Gasteiger partial charge in [0, 0.05) is 24.3 Å². The number of hydrogen-bond donors (Lipinski definition) is 1. The van der Waals surface area contributed by atoms with Gasteiger partial charge in [0.25, 0.3) is 0 Å². The zero-order valence-electron chi connectivity index (χ0n) is 20.3. The van der Waals surface area contributed by atoms with Crippen molar-refractivity contribution >= 4 is 31.6 Å². The second kappa shape index (κ2) is 11.7. The molecule has 0 aliphatic carbocycles. The molecule has 2 aromatic heterocycles. The Hall–Kier alpha value is -2.82. The number of phenols is 1. The summed E-state index contributed by atoms with van der Waals surface area (Å²) >= 11 is 3.42. The zero-order chi connectivity index (χ0) is 26.0. The molecule has 10 heteroatoms. The summed E-state index contributed by atoms with van der Waals surface area (Å²) in [5.41, 5.74) is 3.75. The van der Waals surface area contributed by atoms with Gasteiger partial charge in [-0.1, -0.05) is 32.5 Å². The molecule has 0 unspecified atom stereocenters. The third kappa shape index (κ3) is 6.19. The van der Waals surface area contributed by atoms with E-state index in [-0.39, 0.29) is 18.1 Å². The Balaban J connectivity index is 0.000000200. The molecule has 0 spiro atoms. The zero-order valence-corrected chi connectivity index (χ0v) is 22.7. The van der Waals surface area contributed by atoms with E-state index in [9.17, 15) is 17.9 Å². The molecule has 1 saturated heterocycles. The first-order valence-corrected chi connectivity index (χ1v) is 13.9. The summed E-state index contributed by atoms with van der Waals surface area (Å²) in [5, 5.41) is 14.1. The summed E-state index contributed by atoms with van der Waals surface area (Å²) in [6, 6.07) is 13.0. The molecule has 4 aromatic rings. The third-order valence-electron chi connectivity index (χ3n) is 6.30. The van der Waals surface area contributed by atoms with Crippen LogP contribution in [0.2, 0.25) is 0 Å². The Morgan fingerprint density at radius 3 is 2.43 bits per heavy atom. The molecule has 1 fully saturated rings. The molecule has 1 aliphatic rings. The van der Waals surface area contributed by atoms with E-state index in [4.69, 9.17) is 0 Å². The Labute approximate surface area is 226 Å². The SMILES string of the molecule is C.Cc1cc(-c2ccccc2O)nc2c(Br)cnn12.Cc1ccc(F)cc1S(=O)(=O)N1CCC(C)CC1. The van der Waals surface area contributed by atoms with Gasteiger partial charge in [-0.15, -0.1) is 0 Å². The van der Waals surface area contributed by atoms with Crippen LogP contribution >= 0.6 is 15.9 Å². The molecule has 0 bridgehead atoms. The largest absolute Gasteiger partial charge is 0.507 e. The van der Waals surface area contributed by atoms with Gasteiger partial charge in [0.2, 0.25) is 10.0 Å². The highest BCUT2D eigenvalue weighted by Crippen LogP contribution is 2.29. The van der Waals surface area contributed by atoms with Crippen LogP contribution in [0.25, 0.3) is 16.9 Å². The molecule has 2 aromatic carbocycles. The van der Waals surface area contributed by atoms with E-state index in [1.807, 2.05) is 25.1 Å². The van der Waals surface area contributed by atoms with E-state index in [0.29, 0.717) is 24.6 Å². The fourth-order valence-corrected chi connectivity index (χ4v) is 6.18. The maximum absolute atomic E-state index is 13.2. The smallest absolute Gasteiger partial charge is 0.243 e. The van der Waals surface area contributed by atoms with Crippen LogP contribution in [-0.2, 0) is 10.0 Å². The van der Waals surface area contributed by atoms with Crippen LogP contribution in [0.4, 0.5) is 4.39 Å². The van der Waals surface area contributed by atoms with Gasteiger partial charge in [-0.25, -0.2) is 22.3 Å². The molecule has 5 rings (SSSR count). The number of rotatable bonds is 3. The number of aromatic nitrogens is 3. The molecule has 198 valence electrons. The van der Waals surface area contributed by atoms with E-state index in [0.717, 1.165) is 46.0 Å². The average molecular weight is 592 g/mol. The number of benzene rings is 2. The first-order chi connectivity index (χ1) is 17.1. The van der Waals surface area contributed by atoms with Crippen LogP contribution in [0, 0.1) is 25.6 Å². The normalized spacial score (nSPS) is 14.6. The van der Waals surface area contributed by atoms with Crippen molar-refractivity contribution < 1.29 is 17.9 Å². The molecule has 0 atom stereocenters. The first-order valence-electron chi connectivity index (χ1n) is 11.6. The second-order valence-corrected chi connectivity index (χ2v) is 11.8. The van der Waals surface area contributed by atoms with Crippen molar-refractivity contribution in [3.05, 3.63) is 76.3 Å². The molecule has 7 nitrogen and oxygen atoms in total. The molecule has 0 saturated carbocycles. The van der Waals surface area contributed by atoms with E-state index in [2.05, 4.69) is 32.9 Å². The number of phenolic OH excluding ortho intramolecular Hbond substituents is 1. The number of piperidine rings is 1. The van der Waals surface area contributed by atoms with Crippen LogP contribution in [0.3, 0.4) is 0 Å². The monoisotopic (exact) mass is 590 g/mol. The summed E-state index contributed by atoms with van der Waals surface area (Å²) in [6.45, 7) is 6.83. The minimum Gasteiger partial charge on any atom is -0.507 e. The number of fused-ring (bicyclic) bond motifs is 1. The number of aryl methyl sites for hydroxylation is 2. The van der Waals surface area contributed by atoms with Crippen molar-refractivity contribution in [1.29, 1.82) is 0 Å². The molecule has 1 aliphatic heterocycles. The topological polar surface area (TPSA) is 87.8 Å². The van der Waals surface area contributed by atoms with E-state index in [1.54, 1.807) is 29.8 Å². The Bertz CT molecular complexity index is 1500. The predicted octanol–water partition coefficient (Wildman–Crippen LogP) is 6.36. The number of sulfonamides is 1. The van der Waals surface area contributed by atoms with Crippen LogP contribution in [0.1, 0.15) is 38.4 Å². The number of aromatic hydroxyl groups is 1. The van der Waals surface area contributed by atoms with Crippen molar-refractivity contribution in [2.75, 3.05) is 13.1 Å². The van der Waals surface area contributed by atoms with Gasteiger partial charge in [-0.2, -0.15) is 9.40 Å². The lowest BCUT2D eigenvalue weighted by atomic mass is 10.0. The van der Waals surface area contributed by atoms with Crippen LogP contribution in [0.15, 0.2) is 64.1 Å². The van der Waals surface area contributed by atoms with Crippen molar-refractivity contribution in [2.24, 2.45) is 5.92 Å². The number of halogens is 2. The summed E-state index contributed by atoms with van der Waals surface area (Å²) in [7, 11) is -3.55. The highest BCUT2D eigenvalue weighted by atomic mass is 79.9. The fourth-order valence-electron chi connectivity index (χ4n) is 4.13. The van der Waals surface area contributed by atoms with Gasteiger partial charge in [0.1, 0.15) is 11.6 Å². The van der Waals surface area contributed by atoms with Gasteiger partial charge in [0.05, 0.1) is 21.3 Å². The van der Waals surface area contributed by atoms with Crippen molar-refractivity contribution in [3.63, 3.8) is 0 Å². The van der Waals surface area contributed by atoms with E-state index < -0.39 is 15.8 Å². The van der Waals surface area contributed by atoms with Crippen molar-refractivity contribution in [2.45, 2.75) is 45.9 Å². The highest BCUT2D eigenvalue weighted by molar-refractivity contribution is 9.10. The molecular weight excluding hydrogens is 559 g/mol. The van der Waals surface area contributed by atoms with Crippen molar-refractivity contribution in [1.82, 2.24) is 18.9 Å². The lowest BCUT2D eigenvalue weighted by molar-refractivity contribution is 0.288. The summed E-state index contributed by atoms with van der Waals surface area (Å²) in [5.74, 6) is 0.277. The van der Waals surface area contributed by atoms with Gasteiger partial charge in [-0.3, -0.25) is 0 Å². The van der Waals surface area contributed by atoms with E-state index in [1.165, 1.54) is 16.4 Å². The number of nitrogens with zero attached hydrogens (tertiary/aromatic N) is 4. The maximum atomic E-state index is 13.2. The van der Waals surface area contributed by atoms with Gasteiger partial charge >= 0.3 is 0 Å². The Morgan fingerprint density at radius 1 is 1.08 bits per heavy atom. The number of hydrogen-bond acceptors (Lipinski definition) is 5. The van der Waals surface area contributed by atoms with E-state index >= 15 is 0 Å². The lowest BCUT2D eigenvalue weighted by Crippen LogP contribution is -2.38. The molecular formula is C27H32BrFN4O3S. The predicted molar refractivity (Wildman–Crippen MR) is 148 cm³/mol. The summed E-state index contributed by atoms with van der Waals surface area (Å²) < 4.78 is 42.1. The molecule has 0 amide bonds. The van der Waals surface area contributed by atoms with Crippen LogP contribution < -0.4 is 0 Å². The quantitative estimate of drug-likeness (QED) is 0.300. The van der Waals surface area contributed by atoms with Crippen LogP contribution in [-0.4, -0.2) is 45.5 Å². The van der Waals surface area contributed by atoms with Gasteiger partial charge < -0.3 is 5.11 Å². The highest BCUT2D eigenvalue weighted by Gasteiger charge is 2.29. The molecule has 3 heterocycles. The third-order valence-corrected chi connectivity index (χ3v) is 8.90. The maximum Gasteiger partial charge on any atom is 0.243 e. The minimum atomic E-state index is -3.55. The molecule has 1 N–H and O–H groups in total. The Kier molecular flexibility index (Phi) is 9.09. The second-order valence-electron chi connectivity index (χ2n) is 9.02. The average Bonchev–Trinajstić information content (AvgIpc) is 3.23. The summed E-state index contributed by atoms with van der Waals surface area (Å²) in [6.07, 6.45) is 3.45. The van der Waals surface area contributed by atoms with Gasteiger partial charge in [-0.05, 0) is 84.4 Å². The summed E-state index contributed by atoms with van der Waals surface area (Å²) in [4.78, 5) is 4.61. The van der Waals surface area contributed by atoms with Gasteiger partial charge in [0.15, 0.2) is 5.65 Å². The molecule has 37 heavy (non-hydrogen) atoms. The number of para-hydroxylation sites is 1. The standard InChI is InChI=1S/C13H10BrN3O.C13H18FNO2S.CH4/c1-8-6-11(9-4-2-3-5-12(9)18)16-13-10(14)7-15-17(8)13;1-10-5-7-15(8-6-10)18(16,17)13-9-12(14)4-3-11(13)2;/h2-7,18H,1H3;3-4,9-10H,5-8H2,1-2H3;1H4. The van der Waals surface area contributed by atoms with Crippen LogP contribution in [0.5, 0.6) is 5.75 Å². The lowest BCUT2D eigenvalue weighted by Gasteiger charge is -2.29. The fraction of sp³-hybridized carbons (Fsp3) is 0.333. The van der Waals surface area contributed by atoms with Crippen molar-refractivity contribution in [3.8, 4) is 17.0 Å². The first kappa shape index (κ1) is 28.7. The Morgan fingerprint density at radius 2 is 1.76 bits per heavy atom. The minimum absolute atomic E-state index is 0. The molecule has 0 radical (unpaired) electrons.